The number of likely N-dealkylation sites (N-methyl/N-ethyl adjacent to an activating group) is 1. The summed E-state index contributed by atoms with van der Waals surface area (Å²) in [7, 11) is 4.05. The van der Waals surface area contributed by atoms with Gasteiger partial charge in [-0.2, -0.15) is 0 Å². The summed E-state index contributed by atoms with van der Waals surface area (Å²) < 4.78 is 5.59. The van der Waals surface area contributed by atoms with E-state index in [2.05, 4.69) is 6.58 Å². The van der Waals surface area contributed by atoms with Crippen LogP contribution < -0.4 is 21.5 Å². The van der Waals surface area contributed by atoms with Crippen molar-refractivity contribution >= 4 is 17.4 Å². The second-order valence-electron chi connectivity index (χ2n) is 6.02. The molecule has 0 fully saturated rings. The van der Waals surface area contributed by atoms with Crippen molar-refractivity contribution in [3.63, 3.8) is 0 Å². The van der Waals surface area contributed by atoms with Crippen molar-refractivity contribution < 1.29 is 31.3 Å². The summed E-state index contributed by atoms with van der Waals surface area (Å²) in [6.07, 6.45) is 1.16. The van der Waals surface area contributed by atoms with Gasteiger partial charge in [-0.05, 0) is 24.3 Å². The molecule has 4 nitrogen and oxygen atoms in total. The molecule has 0 aliphatic heterocycles. The second kappa shape index (κ2) is 9.30. The number of esters is 1. The highest BCUT2D eigenvalue weighted by atomic mass is 79.9. The van der Waals surface area contributed by atoms with Crippen LogP contribution in [0.1, 0.15) is 15.9 Å². The summed E-state index contributed by atoms with van der Waals surface area (Å²) in [6.45, 7) is 4.31. The van der Waals surface area contributed by atoms with Crippen LogP contribution >= 0.6 is 0 Å². The van der Waals surface area contributed by atoms with Gasteiger partial charge in [0.25, 0.3) is 0 Å². The van der Waals surface area contributed by atoms with Crippen molar-refractivity contribution in [2.75, 3.05) is 27.2 Å². The highest BCUT2D eigenvalue weighted by Gasteiger charge is 2.20. The average molecular weight is 404 g/mol. The van der Waals surface area contributed by atoms with E-state index in [-0.39, 0.29) is 22.8 Å². The SMILES string of the molecule is C=CC(=O)OCC[N+](C)(C)c1ccc(C(=O)c2ccccc2)cc1.[Br-]. The van der Waals surface area contributed by atoms with Gasteiger partial charge >= 0.3 is 5.97 Å². The molecule has 0 bridgehead atoms. The van der Waals surface area contributed by atoms with E-state index < -0.39 is 5.97 Å². The van der Waals surface area contributed by atoms with E-state index in [4.69, 9.17) is 4.74 Å². The number of benzene rings is 2. The molecule has 0 amide bonds. The molecular weight excluding hydrogens is 382 g/mol. The summed E-state index contributed by atoms with van der Waals surface area (Å²) in [5.74, 6) is -0.411. The Hall–Kier alpha value is -2.24. The Morgan fingerprint density at radius 1 is 1.00 bits per heavy atom. The Bertz CT molecular complexity index is 724. The molecule has 0 heterocycles. The first-order chi connectivity index (χ1) is 11.4. The third-order valence-corrected chi connectivity index (χ3v) is 3.93. The van der Waals surface area contributed by atoms with Crippen LogP contribution in [0, 0.1) is 0 Å². The predicted octanol–water partition coefficient (Wildman–Crippen LogP) is 0.218. The summed E-state index contributed by atoms with van der Waals surface area (Å²) in [5, 5.41) is 0. The van der Waals surface area contributed by atoms with Crippen molar-refractivity contribution in [2.24, 2.45) is 0 Å². The van der Waals surface area contributed by atoms with Crippen LogP contribution in [0.4, 0.5) is 5.69 Å². The number of carbonyl (C=O) groups is 2. The van der Waals surface area contributed by atoms with E-state index in [1.165, 1.54) is 0 Å². The average Bonchev–Trinajstić information content (AvgIpc) is 2.61. The Kier molecular flexibility index (Phi) is 7.74. The minimum Gasteiger partial charge on any atom is -1.00 e. The van der Waals surface area contributed by atoms with E-state index in [1.54, 1.807) is 0 Å². The minimum absolute atomic E-state index is 0. The smallest absolute Gasteiger partial charge is 0.330 e. The fourth-order valence-corrected chi connectivity index (χ4v) is 2.34. The summed E-state index contributed by atoms with van der Waals surface area (Å²) >= 11 is 0. The van der Waals surface area contributed by atoms with Crippen molar-refractivity contribution in [3.8, 4) is 0 Å². The fourth-order valence-electron chi connectivity index (χ4n) is 2.34. The van der Waals surface area contributed by atoms with Gasteiger partial charge in [0.1, 0.15) is 18.8 Å². The molecule has 5 heteroatoms. The van der Waals surface area contributed by atoms with Gasteiger partial charge in [0, 0.05) is 17.2 Å². The Morgan fingerprint density at radius 2 is 1.56 bits per heavy atom. The first-order valence-corrected chi connectivity index (χ1v) is 7.76. The molecule has 132 valence electrons. The number of hydrogen-bond acceptors (Lipinski definition) is 3. The number of ether oxygens (including phenoxy) is 1. The van der Waals surface area contributed by atoms with Crippen LogP contribution in [-0.2, 0) is 9.53 Å². The molecule has 0 radical (unpaired) electrons. The van der Waals surface area contributed by atoms with Gasteiger partial charge in [-0.25, -0.2) is 4.79 Å². The molecule has 2 aromatic carbocycles. The van der Waals surface area contributed by atoms with Crippen LogP contribution in [0.25, 0.3) is 0 Å². The van der Waals surface area contributed by atoms with Gasteiger partial charge in [0.05, 0.1) is 14.1 Å². The van der Waals surface area contributed by atoms with Crippen molar-refractivity contribution in [1.29, 1.82) is 0 Å². The predicted molar refractivity (Wildman–Crippen MR) is 96.0 cm³/mol. The van der Waals surface area contributed by atoms with E-state index in [0.717, 1.165) is 11.8 Å². The lowest BCUT2D eigenvalue weighted by atomic mass is 10.0. The number of rotatable bonds is 7. The van der Waals surface area contributed by atoms with Crippen molar-refractivity contribution in [3.05, 3.63) is 78.4 Å². The number of nitrogens with zero attached hydrogens (tertiary/aromatic N) is 1. The first-order valence-electron chi connectivity index (χ1n) is 7.76. The normalized spacial score (nSPS) is 10.5. The third kappa shape index (κ3) is 5.66. The van der Waals surface area contributed by atoms with Crippen molar-refractivity contribution in [2.45, 2.75) is 0 Å². The number of ketones is 1. The van der Waals surface area contributed by atoms with Crippen LogP contribution in [0.5, 0.6) is 0 Å². The van der Waals surface area contributed by atoms with E-state index in [1.807, 2.05) is 68.7 Å². The monoisotopic (exact) mass is 403 g/mol. The molecule has 2 aromatic rings. The third-order valence-electron chi connectivity index (χ3n) is 3.93. The number of halogens is 1. The molecule has 0 atom stereocenters. The lowest BCUT2D eigenvalue weighted by molar-refractivity contribution is -0.137. The maximum atomic E-state index is 12.4. The maximum absolute atomic E-state index is 12.4. The molecule has 0 aromatic heterocycles. The Morgan fingerprint density at radius 3 is 2.12 bits per heavy atom. The Labute approximate surface area is 159 Å². The zero-order valence-electron chi connectivity index (χ0n) is 14.4. The largest absolute Gasteiger partial charge is 1.00 e. The highest BCUT2D eigenvalue weighted by molar-refractivity contribution is 6.09. The van der Waals surface area contributed by atoms with E-state index >= 15 is 0 Å². The summed E-state index contributed by atoms with van der Waals surface area (Å²) in [6, 6.07) is 16.8. The van der Waals surface area contributed by atoms with Crippen molar-refractivity contribution in [1.82, 2.24) is 4.48 Å². The number of hydrogen-bond donors (Lipinski definition) is 0. The number of quaternary nitrogens is 1. The molecule has 0 saturated heterocycles. The molecule has 0 N–H and O–H groups in total. The molecule has 0 spiro atoms. The van der Waals surface area contributed by atoms with Crippen LogP contribution in [0.2, 0.25) is 0 Å². The molecule has 0 saturated carbocycles. The summed E-state index contributed by atoms with van der Waals surface area (Å²) in [4.78, 5) is 23.5. The van der Waals surface area contributed by atoms with Gasteiger partial charge in [-0.15, -0.1) is 0 Å². The lowest BCUT2D eigenvalue weighted by Crippen LogP contribution is -3.00. The first kappa shape index (κ1) is 20.8. The Balaban J connectivity index is 0.00000312. The van der Waals surface area contributed by atoms with E-state index in [0.29, 0.717) is 28.8 Å². The van der Waals surface area contributed by atoms with Gasteiger partial charge in [0.2, 0.25) is 0 Å². The summed E-state index contributed by atoms with van der Waals surface area (Å²) in [5.41, 5.74) is 2.37. The fraction of sp³-hybridized carbons (Fsp3) is 0.200. The van der Waals surface area contributed by atoms with Gasteiger partial charge in [0.15, 0.2) is 5.78 Å². The zero-order valence-corrected chi connectivity index (χ0v) is 16.0. The zero-order chi connectivity index (χ0) is 17.6. The van der Waals surface area contributed by atoms with Crippen LogP contribution in [-0.4, -0.2) is 39.0 Å². The molecular formula is C20H22BrNO3. The molecule has 0 aliphatic rings. The quantitative estimate of drug-likeness (QED) is 0.287. The van der Waals surface area contributed by atoms with E-state index in [9.17, 15) is 9.59 Å². The highest BCUT2D eigenvalue weighted by Crippen LogP contribution is 2.20. The van der Waals surface area contributed by atoms with Gasteiger partial charge < -0.3 is 21.7 Å². The molecule has 0 aliphatic carbocycles. The standard InChI is InChI=1S/C20H22NO3.BrH/c1-4-19(22)24-15-14-21(2,3)18-12-10-17(11-13-18)20(23)16-8-6-5-7-9-16;/h4-13H,1,14-15H2,2-3H3;1H/q+1;/p-1. The van der Waals surface area contributed by atoms with Crippen LogP contribution in [0.3, 0.4) is 0 Å². The molecule has 25 heavy (non-hydrogen) atoms. The lowest BCUT2D eigenvalue weighted by Gasteiger charge is -2.29. The van der Waals surface area contributed by atoms with Gasteiger partial charge in [-0.3, -0.25) is 9.28 Å². The van der Waals surface area contributed by atoms with Crippen LogP contribution in [0.15, 0.2) is 67.3 Å². The number of carbonyl (C=O) groups excluding carboxylic acids is 2. The minimum atomic E-state index is -0.418. The maximum Gasteiger partial charge on any atom is 0.330 e. The second-order valence-corrected chi connectivity index (χ2v) is 6.02. The van der Waals surface area contributed by atoms with Gasteiger partial charge in [-0.1, -0.05) is 36.9 Å². The topological polar surface area (TPSA) is 43.4 Å². The molecule has 0 unspecified atom stereocenters. The molecule has 2 rings (SSSR count).